The first kappa shape index (κ1) is 11.2. The Morgan fingerprint density at radius 3 is 2.53 bits per heavy atom. The van der Waals surface area contributed by atoms with Gasteiger partial charge in [-0.3, -0.25) is 0 Å². The molecule has 2 heterocycles. The first-order valence-electron chi connectivity index (χ1n) is 5.10. The van der Waals surface area contributed by atoms with E-state index in [1.165, 1.54) is 21.5 Å². The molecule has 0 bridgehead atoms. The van der Waals surface area contributed by atoms with Crippen LogP contribution >= 0.6 is 34.3 Å². The fourth-order valence-electron chi connectivity index (χ4n) is 1.71. The molecular formula is C13H8ClFS2. The second-order valence-electron chi connectivity index (χ2n) is 3.71. The van der Waals surface area contributed by atoms with Crippen LogP contribution < -0.4 is 0 Å². The van der Waals surface area contributed by atoms with Crippen LogP contribution in [-0.2, 0) is 0 Å². The number of thiophene rings is 2. The number of hydrogen-bond donors (Lipinski definition) is 0. The Morgan fingerprint density at radius 1 is 1.06 bits per heavy atom. The van der Waals surface area contributed by atoms with Crippen LogP contribution in [0.5, 0.6) is 0 Å². The molecule has 0 saturated carbocycles. The largest absolute Gasteiger partial charge is 0.207 e. The lowest BCUT2D eigenvalue weighted by atomic mass is 10.1. The number of fused-ring (bicyclic) bond motifs is 1. The third kappa shape index (κ3) is 2.10. The summed E-state index contributed by atoms with van der Waals surface area (Å²) in [6.45, 7) is 0. The molecule has 0 amide bonds. The summed E-state index contributed by atoms with van der Waals surface area (Å²) < 4.78 is 15.4. The van der Waals surface area contributed by atoms with Crippen molar-refractivity contribution in [2.24, 2.45) is 0 Å². The molecular weight excluding hydrogens is 275 g/mol. The van der Waals surface area contributed by atoms with E-state index in [-0.39, 0.29) is 11.2 Å². The highest BCUT2D eigenvalue weighted by molar-refractivity contribution is 7.27. The third-order valence-electron chi connectivity index (χ3n) is 2.57. The predicted octanol–water partition coefficient (Wildman–Crippen LogP) is 5.43. The van der Waals surface area contributed by atoms with Gasteiger partial charge in [-0.15, -0.1) is 34.3 Å². The van der Waals surface area contributed by atoms with Gasteiger partial charge < -0.3 is 0 Å². The van der Waals surface area contributed by atoms with Gasteiger partial charge in [-0.05, 0) is 35.2 Å². The second-order valence-corrected chi connectivity index (χ2v) is 6.21. The molecule has 0 fully saturated rings. The highest BCUT2D eigenvalue weighted by Gasteiger charge is 2.14. The van der Waals surface area contributed by atoms with Crippen molar-refractivity contribution in [1.29, 1.82) is 0 Å². The minimum absolute atomic E-state index is 0.194. The summed E-state index contributed by atoms with van der Waals surface area (Å²) in [4.78, 5) is 1.11. The summed E-state index contributed by atoms with van der Waals surface area (Å²) in [6.07, 6.45) is 0. The van der Waals surface area contributed by atoms with Gasteiger partial charge in [0.15, 0.2) is 0 Å². The Labute approximate surface area is 111 Å². The first-order chi connectivity index (χ1) is 8.24. The molecule has 0 radical (unpaired) electrons. The second kappa shape index (κ2) is 4.41. The monoisotopic (exact) mass is 282 g/mol. The lowest BCUT2D eigenvalue weighted by molar-refractivity contribution is 0.627. The first-order valence-corrected chi connectivity index (χ1v) is 7.24. The Bertz CT molecular complexity index is 610. The van der Waals surface area contributed by atoms with Crippen LogP contribution in [-0.4, -0.2) is 0 Å². The van der Waals surface area contributed by atoms with E-state index in [9.17, 15) is 4.39 Å². The molecule has 0 nitrogen and oxygen atoms in total. The quantitative estimate of drug-likeness (QED) is 0.550. The van der Waals surface area contributed by atoms with Crippen LogP contribution in [0, 0.1) is 5.82 Å². The minimum atomic E-state index is -0.232. The third-order valence-corrected chi connectivity index (χ3v) is 5.35. The fraction of sp³-hybridized carbons (Fsp3) is 0.0769. The van der Waals surface area contributed by atoms with E-state index in [2.05, 4.69) is 17.5 Å². The maximum absolute atomic E-state index is 12.8. The van der Waals surface area contributed by atoms with E-state index in [0.29, 0.717) is 0 Å². The molecule has 86 valence electrons. The molecule has 0 aliphatic rings. The number of rotatable bonds is 2. The van der Waals surface area contributed by atoms with Crippen molar-refractivity contribution in [2.45, 2.75) is 5.38 Å². The van der Waals surface area contributed by atoms with Gasteiger partial charge in [0.1, 0.15) is 5.82 Å². The summed E-state index contributed by atoms with van der Waals surface area (Å²) in [5.74, 6) is -0.232. The Kier molecular flexibility index (Phi) is 2.90. The van der Waals surface area contributed by atoms with Crippen LogP contribution in [0.1, 0.15) is 15.8 Å². The van der Waals surface area contributed by atoms with Crippen LogP contribution in [0.2, 0.25) is 0 Å². The Balaban J connectivity index is 1.98. The lowest BCUT2D eigenvalue weighted by Gasteiger charge is -2.06. The van der Waals surface area contributed by atoms with Gasteiger partial charge in [0.2, 0.25) is 0 Å². The molecule has 0 aliphatic heterocycles. The smallest absolute Gasteiger partial charge is 0.123 e. The molecule has 1 aromatic carbocycles. The van der Waals surface area contributed by atoms with E-state index in [0.717, 1.165) is 10.4 Å². The van der Waals surface area contributed by atoms with Gasteiger partial charge in [-0.2, -0.15) is 0 Å². The Morgan fingerprint density at radius 2 is 1.82 bits per heavy atom. The molecule has 3 rings (SSSR count). The molecule has 4 heteroatoms. The van der Waals surface area contributed by atoms with Gasteiger partial charge in [0.05, 0.1) is 5.38 Å². The van der Waals surface area contributed by atoms with Crippen LogP contribution in [0.25, 0.3) is 9.40 Å². The van der Waals surface area contributed by atoms with Gasteiger partial charge in [0, 0.05) is 14.3 Å². The number of benzene rings is 1. The number of alkyl halides is 1. The lowest BCUT2D eigenvalue weighted by Crippen LogP contribution is -1.89. The molecule has 0 spiro atoms. The summed E-state index contributed by atoms with van der Waals surface area (Å²) >= 11 is 9.82. The standard InChI is InChI=1S/C13H8ClFS2/c14-13(8-1-3-9(15)4-2-8)12-7-11-10(17-12)5-6-16-11/h1-7,13H. The zero-order chi connectivity index (χ0) is 11.8. The zero-order valence-electron chi connectivity index (χ0n) is 8.69. The average molecular weight is 283 g/mol. The summed E-state index contributed by atoms with van der Waals surface area (Å²) in [5.41, 5.74) is 0.932. The predicted molar refractivity (Wildman–Crippen MR) is 73.8 cm³/mol. The highest BCUT2D eigenvalue weighted by Crippen LogP contribution is 2.38. The topological polar surface area (TPSA) is 0 Å². The molecule has 17 heavy (non-hydrogen) atoms. The molecule has 2 aromatic heterocycles. The van der Waals surface area contributed by atoms with E-state index < -0.39 is 0 Å². The van der Waals surface area contributed by atoms with E-state index in [4.69, 9.17) is 11.6 Å². The molecule has 1 unspecified atom stereocenters. The van der Waals surface area contributed by atoms with E-state index in [1.54, 1.807) is 34.8 Å². The van der Waals surface area contributed by atoms with Gasteiger partial charge in [-0.1, -0.05) is 12.1 Å². The summed E-state index contributed by atoms with van der Waals surface area (Å²) in [7, 11) is 0. The van der Waals surface area contributed by atoms with Crippen LogP contribution in [0.3, 0.4) is 0 Å². The number of hydrogen-bond acceptors (Lipinski definition) is 2. The van der Waals surface area contributed by atoms with Crippen molar-refractivity contribution in [3.8, 4) is 0 Å². The van der Waals surface area contributed by atoms with Crippen molar-refractivity contribution in [3.05, 3.63) is 58.0 Å². The van der Waals surface area contributed by atoms with Crippen molar-refractivity contribution in [1.82, 2.24) is 0 Å². The van der Waals surface area contributed by atoms with Crippen LogP contribution in [0.4, 0.5) is 4.39 Å². The average Bonchev–Trinajstić information content (AvgIpc) is 2.89. The zero-order valence-corrected chi connectivity index (χ0v) is 11.1. The van der Waals surface area contributed by atoms with Gasteiger partial charge in [0.25, 0.3) is 0 Å². The van der Waals surface area contributed by atoms with Gasteiger partial charge >= 0.3 is 0 Å². The molecule has 0 aliphatic carbocycles. The van der Waals surface area contributed by atoms with Crippen molar-refractivity contribution in [2.75, 3.05) is 0 Å². The Hall–Kier alpha value is -0.900. The van der Waals surface area contributed by atoms with E-state index in [1.807, 2.05) is 0 Å². The molecule has 0 N–H and O–H groups in total. The van der Waals surface area contributed by atoms with Crippen molar-refractivity contribution < 1.29 is 4.39 Å². The van der Waals surface area contributed by atoms with E-state index >= 15 is 0 Å². The van der Waals surface area contributed by atoms with Crippen molar-refractivity contribution in [3.63, 3.8) is 0 Å². The SMILES string of the molecule is Fc1ccc(C(Cl)c2cc3sccc3s2)cc1. The summed E-state index contributed by atoms with van der Waals surface area (Å²) in [5, 5.41) is 1.88. The summed E-state index contributed by atoms with van der Waals surface area (Å²) in [6, 6.07) is 10.6. The normalized spacial score (nSPS) is 13.1. The fourth-order valence-corrected chi connectivity index (χ4v) is 4.17. The molecule has 3 aromatic rings. The maximum atomic E-state index is 12.8. The number of halogens is 2. The highest BCUT2D eigenvalue weighted by atomic mass is 35.5. The molecule has 1 atom stereocenters. The minimum Gasteiger partial charge on any atom is -0.207 e. The molecule has 0 saturated heterocycles. The maximum Gasteiger partial charge on any atom is 0.123 e. The van der Waals surface area contributed by atoms with Gasteiger partial charge in [-0.25, -0.2) is 4.39 Å². The van der Waals surface area contributed by atoms with Crippen molar-refractivity contribution >= 4 is 43.7 Å². The van der Waals surface area contributed by atoms with Crippen LogP contribution in [0.15, 0.2) is 41.8 Å².